The smallest absolute Gasteiger partial charge is 0.170 e. The van der Waals surface area contributed by atoms with Crippen molar-refractivity contribution in [1.29, 1.82) is 0 Å². The number of methoxy groups -OCH3 is 1. The minimum atomic E-state index is -0.356. The van der Waals surface area contributed by atoms with Crippen LogP contribution in [0.15, 0.2) is 46.9 Å². The van der Waals surface area contributed by atoms with Gasteiger partial charge in [-0.25, -0.2) is 4.39 Å². The average Bonchev–Trinajstić information content (AvgIpc) is 2.42. The first-order valence-corrected chi connectivity index (χ1v) is 6.51. The van der Waals surface area contributed by atoms with Gasteiger partial charge in [-0.15, -0.1) is 0 Å². The molecule has 0 spiro atoms. The number of para-hydroxylation sites is 1. The first-order chi connectivity index (χ1) is 9.11. The van der Waals surface area contributed by atoms with Crippen molar-refractivity contribution >= 4 is 21.7 Å². The van der Waals surface area contributed by atoms with Gasteiger partial charge in [-0.1, -0.05) is 28.1 Å². The molecular weight excluding hydrogens is 311 g/mol. The Hall–Kier alpha value is -1.68. The van der Waals surface area contributed by atoms with E-state index in [-0.39, 0.29) is 18.0 Å². The molecule has 0 fully saturated rings. The minimum Gasteiger partial charge on any atom is -0.496 e. The fourth-order valence-corrected chi connectivity index (χ4v) is 2.21. The first kappa shape index (κ1) is 13.7. The zero-order valence-electron chi connectivity index (χ0n) is 10.3. The Morgan fingerprint density at radius 2 is 2.00 bits per heavy atom. The Labute approximate surface area is 119 Å². The summed E-state index contributed by atoms with van der Waals surface area (Å²) in [5.74, 6) is 0.0646. The Kier molecular flexibility index (Phi) is 4.32. The topological polar surface area (TPSA) is 26.3 Å². The summed E-state index contributed by atoms with van der Waals surface area (Å²) in [7, 11) is 1.52. The molecule has 0 aliphatic carbocycles. The molecule has 98 valence electrons. The van der Waals surface area contributed by atoms with Crippen LogP contribution >= 0.6 is 15.9 Å². The lowest BCUT2D eigenvalue weighted by atomic mass is 10.0. The molecule has 0 saturated heterocycles. The molecule has 2 aromatic carbocycles. The van der Waals surface area contributed by atoms with Crippen molar-refractivity contribution in [3.8, 4) is 5.75 Å². The second-order valence-electron chi connectivity index (χ2n) is 4.04. The predicted octanol–water partition coefficient (Wildman–Crippen LogP) is 4.02. The van der Waals surface area contributed by atoms with Crippen molar-refractivity contribution in [2.24, 2.45) is 0 Å². The van der Waals surface area contributed by atoms with E-state index in [2.05, 4.69) is 15.9 Å². The highest BCUT2D eigenvalue weighted by Crippen LogP contribution is 2.23. The standard InChI is InChI=1S/C15H12BrFO2/c1-19-15-5-3-2-4-12(15)14(18)9-10-8-11(17)6-7-13(10)16/h2-8H,9H2,1H3. The predicted molar refractivity (Wildman–Crippen MR) is 75.1 cm³/mol. The maximum atomic E-state index is 13.2. The maximum Gasteiger partial charge on any atom is 0.170 e. The average molecular weight is 323 g/mol. The zero-order valence-corrected chi connectivity index (χ0v) is 11.9. The van der Waals surface area contributed by atoms with Crippen LogP contribution in [0.25, 0.3) is 0 Å². The molecule has 0 atom stereocenters. The van der Waals surface area contributed by atoms with Crippen LogP contribution in [0, 0.1) is 5.82 Å². The van der Waals surface area contributed by atoms with E-state index in [1.807, 2.05) is 0 Å². The summed E-state index contributed by atoms with van der Waals surface area (Å²) in [6, 6.07) is 11.3. The minimum absolute atomic E-state index is 0.108. The van der Waals surface area contributed by atoms with Crippen molar-refractivity contribution in [2.75, 3.05) is 7.11 Å². The van der Waals surface area contributed by atoms with Crippen LogP contribution in [-0.4, -0.2) is 12.9 Å². The molecule has 0 saturated carbocycles. The van der Waals surface area contributed by atoms with E-state index >= 15 is 0 Å². The van der Waals surface area contributed by atoms with E-state index in [0.29, 0.717) is 16.9 Å². The molecule has 2 aromatic rings. The summed E-state index contributed by atoms with van der Waals surface area (Å²) >= 11 is 3.32. The van der Waals surface area contributed by atoms with Crippen LogP contribution < -0.4 is 4.74 Å². The van der Waals surface area contributed by atoms with Crippen molar-refractivity contribution in [3.63, 3.8) is 0 Å². The summed E-state index contributed by atoms with van der Waals surface area (Å²) in [4.78, 5) is 12.2. The van der Waals surface area contributed by atoms with Crippen molar-refractivity contribution in [1.82, 2.24) is 0 Å². The normalized spacial score (nSPS) is 10.3. The molecule has 0 aromatic heterocycles. The third-order valence-corrected chi connectivity index (χ3v) is 3.54. The number of hydrogen-bond acceptors (Lipinski definition) is 2. The SMILES string of the molecule is COc1ccccc1C(=O)Cc1cc(F)ccc1Br. The van der Waals surface area contributed by atoms with Crippen LogP contribution in [0.4, 0.5) is 4.39 Å². The number of rotatable bonds is 4. The van der Waals surface area contributed by atoms with Crippen LogP contribution in [-0.2, 0) is 6.42 Å². The molecular formula is C15H12BrFO2. The lowest BCUT2D eigenvalue weighted by Gasteiger charge is -2.08. The number of halogens is 2. The fraction of sp³-hybridized carbons (Fsp3) is 0.133. The molecule has 0 aliphatic rings. The van der Waals surface area contributed by atoms with Crippen LogP contribution in [0.1, 0.15) is 15.9 Å². The van der Waals surface area contributed by atoms with E-state index in [1.54, 1.807) is 30.3 Å². The number of ketones is 1. The number of benzene rings is 2. The molecule has 4 heteroatoms. The highest BCUT2D eigenvalue weighted by molar-refractivity contribution is 9.10. The molecule has 0 N–H and O–H groups in total. The summed E-state index contributed by atoms with van der Waals surface area (Å²) in [5.41, 5.74) is 1.12. The van der Waals surface area contributed by atoms with Gasteiger partial charge < -0.3 is 4.74 Å². The Balaban J connectivity index is 2.28. The van der Waals surface area contributed by atoms with E-state index in [4.69, 9.17) is 4.74 Å². The summed E-state index contributed by atoms with van der Waals surface area (Å²) in [6.07, 6.45) is 0.124. The molecule has 0 radical (unpaired) electrons. The van der Waals surface area contributed by atoms with Crippen molar-refractivity contribution in [2.45, 2.75) is 6.42 Å². The van der Waals surface area contributed by atoms with Crippen molar-refractivity contribution < 1.29 is 13.9 Å². The van der Waals surface area contributed by atoms with Crippen LogP contribution in [0.2, 0.25) is 0 Å². The molecule has 19 heavy (non-hydrogen) atoms. The Morgan fingerprint density at radius 1 is 1.26 bits per heavy atom. The van der Waals surface area contributed by atoms with Gasteiger partial charge in [0.05, 0.1) is 12.7 Å². The molecule has 0 bridgehead atoms. The molecule has 0 aliphatic heterocycles. The van der Waals surface area contributed by atoms with Gasteiger partial charge in [0.15, 0.2) is 5.78 Å². The van der Waals surface area contributed by atoms with Gasteiger partial charge >= 0.3 is 0 Å². The Bertz CT molecular complexity index is 611. The van der Waals surface area contributed by atoms with E-state index < -0.39 is 0 Å². The fourth-order valence-electron chi connectivity index (χ4n) is 1.82. The third-order valence-electron chi connectivity index (χ3n) is 2.77. The highest BCUT2D eigenvalue weighted by Gasteiger charge is 2.14. The van der Waals surface area contributed by atoms with Crippen molar-refractivity contribution in [3.05, 3.63) is 63.9 Å². The molecule has 2 rings (SSSR count). The van der Waals surface area contributed by atoms with Gasteiger partial charge in [-0.3, -0.25) is 4.79 Å². The van der Waals surface area contributed by atoms with E-state index in [9.17, 15) is 9.18 Å². The summed E-state index contributed by atoms with van der Waals surface area (Å²) in [5, 5.41) is 0. The van der Waals surface area contributed by atoms with Gasteiger partial charge in [0, 0.05) is 10.9 Å². The lowest BCUT2D eigenvalue weighted by Crippen LogP contribution is -2.06. The van der Waals surface area contributed by atoms with Crippen LogP contribution in [0.3, 0.4) is 0 Å². The monoisotopic (exact) mass is 322 g/mol. The largest absolute Gasteiger partial charge is 0.496 e. The molecule has 0 heterocycles. The second kappa shape index (κ2) is 5.97. The first-order valence-electron chi connectivity index (χ1n) is 5.72. The maximum absolute atomic E-state index is 13.2. The van der Waals surface area contributed by atoms with Gasteiger partial charge in [0.2, 0.25) is 0 Å². The van der Waals surface area contributed by atoms with Gasteiger partial charge in [0.1, 0.15) is 11.6 Å². The molecule has 0 amide bonds. The highest BCUT2D eigenvalue weighted by atomic mass is 79.9. The Morgan fingerprint density at radius 3 is 2.74 bits per heavy atom. The van der Waals surface area contributed by atoms with Gasteiger partial charge in [-0.05, 0) is 35.9 Å². The summed E-state index contributed by atoms with van der Waals surface area (Å²) in [6.45, 7) is 0. The molecule has 0 unspecified atom stereocenters. The lowest BCUT2D eigenvalue weighted by molar-refractivity contribution is 0.0990. The van der Waals surface area contributed by atoms with E-state index in [1.165, 1.54) is 19.2 Å². The number of ether oxygens (including phenoxy) is 1. The quantitative estimate of drug-likeness (QED) is 0.795. The third kappa shape index (κ3) is 3.20. The van der Waals surface area contributed by atoms with Gasteiger partial charge in [-0.2, -0.15) is 0 Å². The van der Waals surface area contributed by atoms with Crippen LogP contribution in [0.5, 0.6) is 5.75 Å². The number of carbonyl (C=O) groups is 1. The number of carbonyl (C=O) groups excluding carboxylic acids is 1. The zero-order chi connectivity index (χ0) is 13.8. The molecule has 2 nitrogen and oxygen atoms in total. The number of hydrogen-bond donors (Lipinski definition) is 0. The summed E-state index contributed by atoms with van der Waals surface area (Å²) < 4.78 is 19.1. The van der Waals surface area contributed by atoms with E-state index in [0.717, 1.165) is 4.47 Å². The number of Topliss-reactive ketones (excluding diaryl/α,β-unsaturated/α-hetero) is 1. The van der Waals surface area contributed by atoms with Gasteiger partial charge in [0.25, 0.3) is 0 Å². The second-order valence-corrected chi connectivity index (χ2v) is 4.89.